The minimum Gasteiger partial charge on any atom is -0.319 e. The van der Waals surface area contributed by atoms with Crippen LogP contribution in [0.2, 0.25) is 0 Å². The van der Waals surface area contributed by atoms with Crippen LogP contribution in [0.3, 0.4) is 0 Å². The van der Waals surface area contributed by atoms with Crippen molar-refractivity contribution in [3.05, 3.63) is 0 Å². The van der Waals surface area contributed by atoms with Gasteiger partial charge < -0.3 is 5.32 Å². The predicted molar refractivity (Wildman–Crippen MR) is 37.0 cm³/mol. The van der Waals surface area contributed by atoms with Gasteiger partial charge in [0.25, 0.3) is 0 Å². The maximum Gasteiger partial charge on any atom is 0.0345 e. The van der Waals surface area contributed by atoms with Crippen LogP contribution in [-0.4, -0.2) is 26.7 Å². The Kier molecular flexibility index (Phi) is 2.97. The fraction of sp³-hybridized carbons (Fsp3) is 1.00. The topological polar surface area (TPSA) is 38.2 Å². The van der Waals surface area contributed by atoms with Crippen LogP contribution in [-0.2, 0) is 0 Å². The van der Waals surface area contributed by atoms with Crippen molar-refractivity contribution in [2.45, 2.75) is 6.42 Å². The van der Waals surface area contributed by atoms with Gasteiger partial charge in [-0.05, 0) is 25.9 Å². The van der Waals surface area contributed by atoms with Gasteiger partial charge in [-0.1, -0.05) is 0 Å². The molecule has 0 amide bonds. The van der Waals surface area contributed by atoms with Crippen LogP contribution >= 0.6 is 0 Å². The molecule has 0 bridgehead atoms. The Bertz CT molecular complexity index is 65.9. The van der Waals surface area contributed by atoms with Crippen LogP contribution < -0.4 is 16.2 Å². The molecule has 1 fully saturated rings. The molecule has 0 saturated carbocycles. The molecule has 0 aromatic rings. The zero-order chi connectivity index (χ0) is 6.53. The van der Waals surface area contributed by atoms with E-state index < -0.39 is 0 Å². The Labute approximate surface area is 56.2 Å². The zero-order valence-electron chi connectivity index (χ0n) is 5.85. The largest absolute Gasteiger partial charge is 0.319 e. The third-order valence-electron chi connectivity index (χ3n) is 1.62. The van der Waals surface area contributed by atoms with Gasteiger partial charge >= 0.3 is 0 Å². The van der Waals surface area contributed by atoms with Gasteiger partial charge in [0, 0.05) is 13.1 Å². The van der Waals surface area contributed by atoms with Gasteiger partial charge in [-0.15, -0.1) is 0 Å². The second kappa shape index (κ2) is 3.82. The molecule has 1 heterocycles. The van der Waals surface area contributed by atoms with Gasteiger partial charge in [0.2, 0.25) is 0 Å². The van der Waals surface area contributed by atoms with Crippen LogP contribution in [0.25, 0.3) is 0 Å². The van der Waals surface area contributed by atoms with E-state index in [2.05, 4.69) is 16.2 Å². The summed E-state index contributed by atoms with van der Waals surface area (Å²) < 4.78 is 0. The first-order chi connectivity index (χ1) is 4.43. The molecule has 1 atom stereocenters. The van der Waals surface area contributed by atoms with Crippen LogP contribution in [0.15, 0.2) is 0 Å². The van der Waals surface area contributed by atoms with Crippen LogP contribution in [0.1, 0.15) is 6.42 Å². The summed E-state index contributed by atoms with van der Waals surface area (Å²) in [5, 5.41) is 3.15. The molecule has 3 nitrogen and oxygen atoms in total. The molecule has 0 aromatic heterocycles. The maximum absolute atomic E-state index is 4.09. The summed E-state index contributed by atoms with van der Waals surface area (Å²) in [6.45, 7) is 3.12. The van der Waals surface area contributed by atoms with Gasteiger partial charge in [-0.2, -0.15) is 5.43 Å². The molecule has 0 aliphatic carbocycles. The summed E-state index contributed by atoms with van der Waals surface area (Å²) in [5.41, 5.74) is 7.06. The molecular formula is C6H14N3. The minimum absolute atomic E-state index is 0.760. The average Bonchev–Trinajstić information content (AvgIpc) is 1.91. The van der Waals surface area contributed by atoms with Crippen molar-refractivity contribution in [1.29, 1.82) is 0 Å². The molecule has 3 heteroatoms. The van der Waals surface area contributed by atoms with Gasteiger partial charge in [-0.25, -0.2) is 5.43 Å². The first kappa shape index (κ1) is 6.99. The van der Waals surface area contributed by atoms with Crippen molar-refractivity contribution >= 4 is 0 Å². The summed E-state index contributed by atoms with van der Waals surface area (Å²) >= 11 is 0. The van der Waals surface area contributed by atoms with E-state index in [9.17, 15) is 0 Å². The fourth-order valence-electron chi connectivity index (χ4n) is 1.09. The lowest BCUT2D eigenvalue weighted by atomic mass is 10.1. The van der Waals surface area contributed by atoms with Crippen molar-refractivity contribution in [3.8, 4) is 0 Å². The number of nitrogens with one attached hydrogen (secondary N) is 2. The second-order valence-electron chi connectivity index (χ2n) is 2.46. The number of hydrogen-bond donors (Lipinski definition) is 2. The lowest BCUT2D eigenvalue weighted by Crippen LogP contribution is -2.40. The van der Waals surface area contributed by atoms with Crippen LogP contribution in [0.5, 0.6) is 0 Å². The number of nitrogens with zero attached hydrogens (tertiary/aromatic N) is 1. The normalized spacial score (nSPS) is 28.3. The second-order valence-corrected chi connectivity index (χ2v) is 2.46. The molecule has 9 heavy (non-hydrogen) atoms. The highest BCUT2D eigenvalue weighted by atomic mass is 15.4. The SMILES string of the molecule is CNCC1CCN[N]C1. The molecule has 1 aliphatic rings. The molecule has 1 rings (SSSR count). The summed E-state index contributed by atoms with van der Waals surface area (Å²) in [7, 11) is 1.99. The standard InChI is InChI=1S/C6H14N3/c1-7-4-6-2-3-8-9-5-6/h6-8H,2-5H2,1H3. The Hall–Kier alpha value is -0.120. The van der Waals surface area contributed by atoms with Crippen molar-refractivity contribution in [3.63, 3.8) is 0 Å². The highest BCUT2D eigenvalue weighted by molar-refractivity contribution is 4.67. The summed E-state index contributed by atoms with van der Waals surface area (Å²) in [6, 6.07) is 0. The monoisotopic (exact) mass is 128 g/mol. The first-order valence-electron chi connectivity index (χ1n) is 3.47. The van der Waals surface area contributed by atoms with E-state index in [4.69, 9.17) is 0 Å². The van der Waals surface area contributed by atoms with E-state index in [1.54, 1.807) is 0 Å². The fourth-order valence-corrected chi connectivity index (χ4v) is 1.09. The average molecular weight is 128 g/mol. The van der Waals surface area contributed by atoms with E-state index in [-0.39, 0.29) is 0 Å². The van der Waals surface area contributed by atoms with E-state index >= 15 is 0 Å². The molecule has 2 N–H and O–H groups in total. The molecule has 1 saturated heterocycles. The first-order valence-corrected chi connectivity index (χ1v) is 3.47. The molecule has 53 valence electrons. The highest BCUT2D eigenvalue weighted by Crippen LogP contribution is 2.01. The van der Waals surface area contributed by atoms with E-state index in [0.29, 0.717) is 0 Å². The Balaban J connectivity index is 2.08. The van der Waals surface area contributed by atoms with Crippen molar-refractivity contribution < 1.29 is 0 Å². The molecule has 1 aliphatic heterocycles. The third-order valence-corrected chi connectivity index (χ3v) is 1.62. The smallest absolute Gasteiger partial charge is 0.0345 e. The van der Waals surface area contributed by atoms with Crippen molar-refractivity contribution in [2.24, 2.45) is 5.92 Å². The third kappa shape index (κ3) is 2.30. The molecule has 1 unspecified atom stereocenters. The summed E-state index contributed by atoms with van der Waals surface area (Å²) in [4.78, 5) is 0. The van der Waals surface area contributed by atoms with Crippen molar-refractivity contribution in [1.82, 2.24) is 16.2 Å². The minimum atomic E-state index is 0.760. The summed E-state index contributed by atoms with van der Waals surface area (Å²) in [5.74, 6) is 0.760. The van der Waals surface area contributed by atoms with E-state index in [1.807, 2.05) is 7.05 Å². The molecule has 0 spiro atoms. The predicted octanol–water partition coefficient (Wildman–Crippen LogP) is -0.665. The van der Waals surface area contributed by atoms with E-state index in [0.717, 1.165) is 25.6 Å². The zero-order valence-corrected chi connectivity index (χ0v) is 5.85. The molecule has 1 radical (unpaired) electrons. The quantitative estimate of drug-likeness (QED) is 0.518. The van der Waals surface area contributed by atoms with Crippen LogP contribution in [0.4, 0.5) is 0 Å². The summed E-state index contributed by atoms with van der Waals surface area (Å²) in [6.07, 6.45) is 1.25. The Morgan fingerprint density at radius 1 is 1.78 bits per heavy atom. The van der Waals surface area contributed by atoms with Crippen LogP contribution in [0, 0.1) is 5.92 Å². The lowest BCUT2D eigenvalue weighted by molar-refractivity contribution is 0.323. The van der Waals surface area contributed by atoms with Gasteiger partial charge in [0.15, 0.2) is 0 Å². The molecule has 0 aromatic carbocycles. The number of rotatable bonds is 2. The maximum atomic E-state index is 4.09. The lowest BCUT2D eigenvalue weighted by Gasteiger charge is -2.21. The van der Waals surface area contributed by atoms with E-state index in [1.165, 1.54) is 6.42 Å². The van der Waals surface area contributed by atoms with Crippen molar-refractivity contribution in [2.75, 3.05) is 26.7 Å². The van der Waals surface area contributed by atoms with Gasteiger partial charge in [0.1, 0.15) is 0 Å². The van der Waals surface area contributed by atoms with Gasteiger partial charge in [0.05, 0.1) is 0 Å². The number of hydrogen-bond acceptors (Lipinski definition) is 2. The Morgan fingerprint density at radius 3 is 3.22 bits per heavy atom. The van der Waals surface area contributed by atoms with Gasteiger partial charge in [-0.3, -0.25) is 0 Å². The Morgan fingerprint density at radius 2 is 2.67 bits per heavy atom. The highest BCUT2D eigenvalue weighted by Gasteiger charge is 2.11. The molecular weight excluding hydrogens is 114 g/mol.